The highest BCUT2D eigenvalue weighted by atomic mass is 19.4. The fourth-order valence-electron chi connectivity index (χ4n) is 2.17. The van der Waals surface area contributed by atoms with Crippen LogP contribution in [0.25, 0.3) is 0 Å². The monoisotopic (exact) mass is 412 g/mol. The molecule has 6 nitrogen and oxygen atoms in total. The van der Waals surface area contributed by atoms with E-state index in [-0.39, 0.29) is 11.3 Å². The molecule has 0 radical (unpaired) electrons. The maximum Gasteiger partial charge on any atom is 0.416 e. The molecule has 0 spiro atoms. The van der Waals surface area contributed by atoms with Crippen LogP contribution >= 0.6 is 0 Å². The minimum Gasteiger partial charge on any atom is -0.454 e. The summed E-state index contributed by atoms with van der Waals surface area (Å²) in [5, 5.41) is 4.39. The van der Waals surface area contributed by atoms with Crippen LogP contribution < -0.4 is 10.6 Å². The second kappa shape index (κ2) is 9.18. The molecule has 0 heterocycles. The van der Waals surface area contributed by atoms with Crippen molar-refractivity contribution < 1.29 is 36.7 Å². The van der Waals surface area contributed by atoms with Gasteiger partial charge in [0.25, 0.3) is 11.8 Å². The van der Waals surface area contributed by atoms with Crippen LogP contribution in [0, 0.1) is 12.7 Å². The molecular formula is C19H16F4N2O4. The van der Waals surface area contributed by atoms with Gasteiger partial charge in [-0.3, -0.25) is 14.4 Å². The van der Waals surface area contributed by atoms with E-state index >= 15 is 0 Å². The summed E-state index contributed by atoms with van der Waals surface area (Å²) in [5.74, 6) is -3.17. The number of anilines is 1. The lowest BCUT2D eigenvalue weighted by Crippen LogP contribution is -2.32. The third-order valence-corrected chi connectivity index (χ3v) is 3.63. The maximum absolute atomic E-state index is 13.6. The average molecular weight is 412 g/mol. The van der Waals surface area contributed by atoms with Gasteiger partial charge in [-0.1, -0.05) is 6.07 Å². The number of nitrogens with one attached hydrogen (secondary N) is 2. The summed E-state index contributed by atoms with van der Waals surface area (Å²) in [6.07, 6.45) is -4.53. The average Bonchev–Trinajstić information content (AvgIpc) is 2.66. The summed E-state index contributed by atoms with van der Waals surface area (Å²) < 4.78 is 55.8. The van der Waals surface area contributed by atoms with Crippen molar-refractivity contribution in [3.63, 3.8) is 0 Å². The minimum absolute atomic E-state index is 0.0766. The van der Waals surface area contributed by atoms with Gasteiger partial charge in [0.15, 0.2) is 6.61 Å². The van der Waals surface area contributed by atoms with Crippen molar-refractivity contribution in [1.82, 2.24) is 5.32 Å². The van der Waals surface area contributed by atoms with Crippen molar-refractivity contribution >= 4 is 23.5 Å². The third kappa shape index (κ3) is 6.59. The molecule has 2 rings (SSSR count). The van der Waals surface area contributed by atoms with Crippen LogP contribution in [0.15, 0.2) is 42.5 Å². The molecule has 0 saturated heterocycles. The van der Waals surface area contributed by atoms with Gasteiger partial charge in [0.1, 0.15) is 12.4 Å². The van der Waals surface area contributed by atoms with Crippen molar-refractivity contribution in [1.29, 1.82) is 0 Å². The topological polar surface area (TPSA) is 84.5 Å². The van der Waals surface area contributed by atoms with E-state index in [4.69, 9.17) is 0 Å². The first-order valence-corrected chi connectivity index (χ1v) is 8.23. The van der Waals surface area contributed by atoms with Gasteiger partial charge in [-0.2, -0.15) is 13.2 Å². The van der Waals surface area contributed by atoms with E-state index in [2.05, 4.69) is 15.4 Å². The Morgan fingerprint density at radius 2 is 1.69 bits per heavy atom. The SMILES string of the molecule is Cc1ccc(NC(=O)COC(=O)CNC(=O)c2ccc(C(F)(F)F)cc2)c(F)c1. The molecule has 2 amide bonds. The molecule has 0 saturated carbocycles. The van der Waals surface area contributed by atoms with E-state index < -0.39 is 48.5 Å². The molecule has 0 atom stereocenters. The second-order valence-electron chi connectivity index (χ2n) is 5.95. The first kappa shape index (κ1) is 21.9. The molecule has 10 heteroatoms. The molecule has 154 valence electrons. The Balaban J connectivity index is 1.77. The molecule has 0 aromatic heterocycles. The number of aryl methyl sites for hydroxylation is 1. The van der Waals surface area contributed by atoms with Gasteiger partial charge in [-0.15, -0.1) is 0 Å². The Labute approximate surface area is 162 Å². The van der Waals surface area contributed by atoms with E-state index in [0.717, 1.165) is 24.3 Å². The second-order valence-corrected chi connectivity index (χ2v) is 5.95. The third-order valence-electron chi connectivity index (χ3n) is 3.63. The van der Waals surface area contributed by atoms with Gasteiger partial charge in [-0.05, 0) is 48.9 Å². The molecule has 2 N–H and O–H groups in total. The maximum atomic E-state index is 13.6. The van der Waals surface area contributed by atoms with Gasteiger partial charge in [0, 0.05) is 5.56 Å². The Kier molecular flexibility index (Phi) is 6.92. The summed E-state index contributed by atoms with van der Waals surface area (Å²) in [6, 6.07) is 7.57. The van der Waals surface area contributed by atoms with Gasteiger partial charge < -0.3 is 15.4 Å². The van der Waals surface area contributed by atoms with E-state index in [1.807, 2.05) is 0 Å². The lowest BCUT2D eigenvalue weighted by molar-refractivity contribution is -0.146. The van der Waals surface area contributed by atoms with E-state index in [0.29, 0.717) is 5.56 Å². The summed E-state index contributed by atoms with van der Waals surface area (Å²) >= 11 is 0. The fourth-order valence-corrected chi connectivity index (χ4v) is 2.17. The highest BCUT2D eigenvalue weighted by Gasteiger charge is 2.30. The summed E-state index contributed by atoms with van der Waals surface area (Å²) in [4.78, 5) is 35.1. The van der Waals surface area contributed by atoms with Crippen molar-refractivity contribution in [2.45, 2.75) is 13.1 Å². The molecule has 0 aliphatic heterocycles. The molecule has 0 unspecified atom stereocenters. The lowest BCUT2D eigenvalue weighted by atomic mass is 10.1. The van der Waals surface area contributed by atoms with Crippen molar-refractivity contribution in [3.8, 4) is 0 Å². The summed E-state index contributed by atoms with van der Waals surface area (Å²) in [5.41, 5.74) is -0.411. The zero-order valence-corrected chi connectivity index (χ0v) is 15.1. The first-order chi connectivity index (χ1) is 13.6. The number of carbonyl (C=O) groups excluding carboxylic acids is 3. The highest BCUT2D eigenvalue weighted by molar-refractivity contribution is 5.96. The van der Waals surface area contributed by atoms with E-state index in [1.165, 1.54) is 12.1 Å². The number of amides is 2. The van der Waals surface area contributed by atoms with Gasteiger partial charge in [0.05, 0.1) is 11.3 Å². The van der Waals surface area contributed by atoms with Crippen molar-refractivity contribution in [2.75, 3.05) is 18.5 Å². The standard InChI is InChI=1S/C19H16F4N2O4/c1-11-2-7-15(14(20)8-11)25-16(26)10-29-17(27)9-24-18(28)12-3-5-13(6-4-12)19(21,22)23/h2-8H,9-10H2,1H3,(H,24,28)(H,25,26). The molecule has 0 aliphatic carbocycles. The van der Waals surface area contributed by atoms with Crippen LogP contribution in [0.4, 0.5) is 23.2 Å². The number of hydrogen-bond donors (Lipinski definition) is 2. The molecular weight excluding hydrogens is 396 g/mol. The number of halogens is 4. The van der Waals surface area contributed by atoms with Crippen molar-refractivity contribution in [2.24, 2.45) is 0 Å². The van der Waals surface area contributed by atoms with Crippen molar-refractivity contribution in [3.05, 3.63) is 65.0 Å². The predicted molar refractivity (Wildman–Crippen MR) is 94.5 cm³/mol. The van der Waals surface area contributed by atoms with E-state index in [1.54, 1.807) is 13.0 Å². The van der Waals surface area contributed by atoms with Crippen LogP contribution in [-0.2, 0) is 20.5 Å². The number of alkyl halides is 3. The Morgan fingerprint density at radius 1 is 1.03 bits per heavy atom. The first-order valence-electron chi connectivity index (χ1n) is 8.23. The summed E-state index contributed by atoms with van der Waals surface area (Å²) in [6.45, 7) is 0.365. The molecule has 0 fully saturated rings. The van der Waals surface area contributed by atoms with Crippen LogP contribution in [0.1, 0.15) is 21.5 Å². The molecule has 2 aromatic rings. The molecule has 29 heavy (non-hydrogen) atoms. The van der Waals surface area contributed by atoms with Crippen LogP contribution in [0.2, 0.25) is 0 Å². The van der Waals surface area contributed by atoms with Crippen LogP contribution in [0.3, 0.4) is 0 Å². The zero-order chi connectivity index (χ0) is 21.6. The minimum atomic E-state index is -4.53. The normalized spacial score (nSPS) is 10.9. The predicted octanol–water partition coefficient (Wildman–Crippen LogP) is 3.06. The lowest BCUT2D eigenvalue weighted by Gasteiger charge is -2.09. The van der Waals surface area contributed by atoms with E-state index in [9.17, 15) is 31.9 Å². The highest BCUT2D eigenvalue weighted by Crippen LogP contribution is 2.29. The number of carbonyl (C=O) groups is 3. The smallest absolute Gasteiger partial charge is 0.416 e. The van der Waals surface area contributed by atoms with Crippen LogP contribution in [0.5, 0.6) is 0 Å². The zero-order valence-electron chi connectivity index (χ0n) is 15.1. The fraction of sp³-hybridized carbons (Fsp3) is 0.211. The Bertz CT molecular complexity index is 911. The Morgan fingerprint density at radius 3 is 2.28 bits per heavy atom. The van der Waals surface area contributed by atoms with Gasteiger partial charge in [0.2, 0.25) is 0 Å². The Hall–Kier alpha value is -3.43. The van der Waals surface area contributed by atoms with Gasteiger partial charge in [-0.25, -0.2) is 4.39 Å². The largest absolute Gasteiger partial charge is 0.454 e. The number of ether oxygens (including phenoxy) is 1. The number of benzene rings is 2. The molecule has 0 bridgehead atoms. The number of rotatable bonds is 6. The number of esters is 1. The number of hydrogen-bond acceptors (Lipinski definition) is 4. The molecule has 0 aliphatic rings. The van der Waals surface area contributed by atoms with Gasteiger partial charge >= 0.3 is 12.1 Å². The quantitative estimate of drug-likeness (QED) is 0.564. The molecule has 2 aromatic carbocycles. The summed E-state index contributed by atoms with van der Waals surface area (Å²) in [7, 11) is 0. The van der Waals surface area contributed by atoms with Crippen LogP contribution in [-0.4, -0.2) is 30.9 Å².